The van der Waals surface area contributed by atoms with E-state index in [0.717, 1.165) is 30.9 Å². The average Bonchev–Trinajstić information content (AvgIpc) is 2.78. The number of hydrogen-bond acceptors (Lipinski definition) is 3. The Morgan fingerprint density at radius 2 is 2.31 bits per heavy atom. The molecule has 1 aromatic heterocycles. The quantitative estimate of drug-likeness (QED) is 0.550. The summed E-state index contributed by atoms with van der Waals surface area (Å²) in [7, 11) is 0. The molecule has 0 aliphatic carbocycles. The molecule has 16 heavy (non-hydrogen) atoms. The second-order valence-electron chi connectivity index (χ2n) is 3.76. The summed E-state index contributed by atoms with van der Waals surface area (Å²) in [5.41, 5.74) is 5.73. The molecule has 0 saturated carbocycles. The molecule has 3 N–H and O–H groups in total. The number of hydrogen-bond donors (Lipinski definition) is 2. The zero-order valence-electron chi connectivity index (χ0n) is 10.2. The first kappa shape index (κ1) is 13.0. The minimum atomic E-state index is 0.130. The maximum absolute atomic E-state index is 5.73. The Morgan fingerprint density at radius 3 is 2.88 bits per heavy atom. The van der Waals surface area contributed by atoms with Crippen LogP contribution >= 0.6 is 0 Å². The van der Waals surface area contributed by atoms with Crippen LogP contribution in [0.5, 0.6) is 0 Å². The summed E-state index contributed by atoms with van der Waals surface area (Å²) >= 11 is 0. The summed E-state index contributed by atoms with van der Waals surface area (Å²) in [6, 6.07) is 4.16. The third-order valence-electron chi connectivity index (χ3n) is 2.55. The van der Waals surface area contributed by atoms with Crippen LogP contribution < -0.4 is 11.1 Å². The van der Waals surface area contributed by atoms with Crippen LogP contribution in [-0.2, 0) is 6.42 Å². The van der Waals surface area contributed by atoms with Crippen molar-refractivity contribution in [1.82, 2.24) is 5.32 Å². The minimum Gasteiger partial charge on any atom is -0.464 e. The molecular formula is C13H22N2O. The molecule has 0 fully saturated rings. The van der Waals surface area contributed by atoms with Gasteiger partial charge < -0.3 is 15.5 Å². The van der Waals surface area contributed by atoms with Crippen LogP contribution in [-0.4, -0.2) is 13.1 Å². The lowest BCUT2D eigenvalue weighted by molar-refractivity contribution is 0.399. The molecule has 0 spiro atoms. The molecule has 1 atom stereocenters. The van der Waals surface area contributed by atoms with Gasteiger partial charge in [0, 0.05) is 13.0 Å². The van der Waals surface area contributed by atoms with Crippen LogP contribution in [0.3, 0.4) is 0 Å². The molecule has 1 heterocycles. The van der Waals surface area contributed by atoms with E-state index in [2.05, 4.69) is 24.4 Å². The Morgan fingerprint density at radius 1 is 1.50 bits per heavy atom. The van der Waals surface area contributed by atoms with Crippen molar-refractivity contribution in [2.45, 2.75) is 32.7 Å². The van der Waals surface area contributed by atoms with Crippen LogP contribution in [0.1, 0.15) is 37.8 Å². The van der Waals surface area contributed by atoms with Crippen LogP contribution in [0.2, 0.25) is 0 Å². The van der Waals surface area contributed by atoms with Crippen molar-refractivity contribution in [2.75, 3.05) is 13.1 Å². The molecule has 0 bridgehead atoms. The van der Waals surface area contributed by atoms with Gasteiger partial charge >= 0.3 is 0 Å². The lowest BCUT2D eigenvalue weighted by Crippen LogP contribution is -2.28. The van der Waals surface area contributed by atoms with Crippen molar-refractivity contribution in [3.8, 4) is 0 Å². The van der Waals surface area contributed by atoms with Gasteiger partial charge in [0.15, 0.2) is 0 Å². The van der Waals surface area contributed by atoms with E-state index < -0.39 is 0 Å². The largest absolute Gasteiger partial charge is 0.464 e. The van der Waals surface area contributed by atoms with Crippen LogP contribution in [0, 0.1) is 0 Å². The Bertz CT molecular complexity index is 317. The SMILES string of the molecule is C/C=C/CCNC(CN)c1ccc(CC)o1. The molecule has 3 nitrogen and oxygen atoms in total. The van der Waals surface area contributed by atoms with Crippen LogP contribution in [0.15, 0.2) is 28.7 Å². The lowest BCUT2D eigenvalue weighted by Gasteiger charge is -2.13. The normalized spacial score (nSPS) is 13.4. The Labute approximate surface area is 97.7 Å². The summed E-state index contributed by atoms with van der Waals surface area (Å²) in [6.07, 6.45) is 6.14. The van der Waals surface area contributed by atoms with E-state index in [1.807, 2.05) is 19.1 Å². The highest BCUT2D eigenvalue weighted by atomic mass is 16.3. The van der Waals surface area contributed by atoms with E-state index in [1.54, 1.807) is 0 Å². The summed E-state index contributed by atoms with van der Waals surface area (Å²) < 4.78 is 5.68. The fourth-order valence-corrected chi connectivity index (χ4v) is 1.58. The molecule has 3 heteroatoms. The highest BCUT2D eigenvalue weighted by Gasteiger charge is 2.12. The minimum absolute atomic E-state index is 0.130. The molecular weight excluding hydrogens is 200 g/mol. The van der Waals surface area contributed by atoms with Crippen molar-refractivity contribution in [3.63, 3.8) is 0 Å². The average molecular weight is 222 g/mol. The van der Waals surface area contributed by atoms with Gasteiger partial charge in [-0.25, -0.2) is 0 Å². The second-order valence-corrected chi connectivity index (χ2v) is 3.76. The molecule has 0 saturated heterocycles. The molecule has 90 valence electrons. The van der Waals surface area contributed by atoms with Gasteiger partial charge in [-0.05, 0) is 32.0 Å². The number of aryl methyl sites for hydroxylation is 1. The van der Waals surface area contributed by atoms with E-state index in [0.29, 0.717) is 6.54 Å². The van der Waals surface area contributed by atoms with Gasteiger partial charge in [0.05, 0.1) is 6.04 Å². The third kappa shape index (κ3) is 3.83. The summed E-state index contributed by atoms with van der Waals surface area (Å²) in [4.78, 5) is 0. The molecule has 1 aromatic rings. The van der Waals surface area contributed by atoms with E-state index in [1.165, 1.54) is 0 Å². The zero-order chi connectivity index (χ0) is 11.8. The first-order chi connectivity index (χ1) is 7.81. The monoisotopic (exact) mass is 222 g/mol. The second kappa shape index (κ2) is 7.25. The maximum Gasteiger partial charge on any atom is 0.122 e. The number of nitrogens with two attached hydrogens (primary N) is 1. The maximum atomic E-state index is 5.73. The highest BCUT2D eigenvalue weighted by molar-refractivity contribution is 5.11. The van der Waals surface area contributed by atoms with E-state index in [9.17, 15) is 0 Å². The molecule has 0 amide bonds. The predicted octanol–water partition coefficient (Wildman–Crippen LogP) is 2.40. The Balaban J connectivity index is 2.46. The van der Waals surface area contributed by atoms with Gasteiger partial charge in [0.1, 0.15) is 11.5 Å². The summed E-state index contributed by atoms with van der Waals surface area (Å²) in [5.74, 6) is 1.96. The fraction of sp³-hybridized carbons (Fsp3) is 0.538. The molecule has 1 unspecified atom stereocenters. The van der Waals surface area contributed by atoms with Crippen LogP contribution in [0.25, 0.3) is 0 Å². The van der Waals surface area contributed by atoms with Crippen molar-refractivity contribution in [3.05, 3.63) is 35.8 Å². The smallest absolute Gasteiger partial charge is 0.122 e. The van der Waals surface area contributed by atoms with Gasteiger partial charge in [-0.15, -0.1) is 0 Å². The zero-order valence-corrected chi connectivity index (χ0v) is 10.2. The van der Waals surface area contributed by atoms with Gasteiger partial charge in [-0.1, -0.05) is 19.1 Å². The summed E-state index contributed by atoms with van der Waals surface area (Å²) in [5, 5.41) is 3.39. The number of allylic oxidation sites excluding steroid dienone is 1. The molecule has 1 rings (SSSR count). The topological polar surface area (TPSA) is 51.2 Å². The number of rotatable bonds is 7. The van der Waals surface area contributed by atoms with Gasteiger partial charge in [0.25, 0.3) is 0 Å². The molecule has 0 aliphatic rings. The fourth-order valence-electron chi connectivity index (χ4n) is 1.58. The molecule has 0 radical (unpaired) electrons. The van der Waals surface area contributed by atoms with Crippen molar-refractivity contribution in [1.29, 1.82) is 0 Å². The molecule has 0 aromatic carbocycles. The van der Waals surface area contributed by atoms with E-state index in [4.69, 9.17) is 10.2 Å². The number of nitrogens with one attached hydrogen (secondary N) is 1. The van der Waals surface area contributed by atoms with Gasteiger partial charge in [-0.2, -0.15) is 0 Å². The first-order valence-electron chi connectivity index (χ1n) is 5.95. The summed E-state index contributed by atoms with van der Waals surface area (Å²) in [6.45, 7) is 5.60. The highest BCUT2D eigenvalue weighted by Crippen LogP contribution is 2.16. The molecule has 0 aliphatic heterocycles. The van der Waals surface area contributed by atoms with Crippen molar-refractivity contribution in [2.24, 2.45) is 5.73 Å². The van der Waals surface area contributed by atoms with Gasteiger partial charge in [0.2, 0.25) is 0 Å². The Kier molecular flexibility index (Phi) is 5.90. The van der Waals surface area contributed by atoms with Crippen molar-refractivity contribution < 1.29 is 4.42 Å². The van der Waals surface area contributed by atoms with E-state index in [-0.39, 0.29) is 6.04 Å². The standard InChI is InChI=1S/C13H22N2O/c1-3-5-6-9-15-12(10-14)13-8-7-11(4-2)16-13/h3,5,7-8,12,15H,4,6,9-10,14H2,1-2H3/b5-3+. The van der Waals surface area contributed by atoms with Gasteiger partial charge in [-0.3, -0.25) is 0 Å². The third-order valence-corrected chi connectivity index (χ3v) is 2.55. The van der Waals surface area contributed by atoms with Crippen molar-refractivity contribution >= 4 is 0 Å². The van der Waals surface area contributed by atoms with E-state index >= 15 is 0 Å². The number of furan rings is 1. The predicted molar refractivity (Wildman–Crippen MR) is 67.3 cm³/mol. The van der Waals surface area contributed by atoms with Crippen LogP contribution in [0.4, 0.5) is 0 Å². The first-order valence-corrected chi connectivity index (χ1v) is 5.95. The lowest BCUT2D eigenvalue weighted by atomic mass is 10.2. The Hall–Kier alpha value is -1.06.